The largest absolute Gasteiger partial charge is 0.394 e. The van der Waals surface area contributed by atoms with Gasteiger partial charge in [0.05, 0.1) is 18.8 Å². The molecule has 0 bridgehead atoms. The number of rotatable bonds is 6. The van der Waals surface area contributed by atoms with E-state index in [-0.39, 0.29) is 19.3 Å². The fraction of sp³-hybridized carbons (Fsp3) is 0.412. The van der Waals surface area contributed by atoms with Crippen molar-refractivity contribution < 1.29 is 10.2 Å². The number of aliphatic hydroxyl groups is 2. The molecule has 0 aliphatic heterocycles. The average molecular weight is 273 g/mol. The van der Waals surface area contributed by atoms with Crippen LogP contribution in [0, 0.1) is 0 Å². The molecule has 0 aliphatic carbocycles. The lowest BCUT2D eigenvalue weighted by Crippen LogP contribution is -2.52. The smallest absolute Gasteiger partial charge is 0.0650 e. The summed E-state index contributed by atoms with van der Waals surface area (Å²) in [5, 5.41) is 24.8. The van der Waals surface area contributed by atoms with E-state index in [9.17, 15) is 10.2 Å². The van der Waals surface area contributed by atoms with E-state index in [1.165, 1.54) is 10.8 Å². The minimum Gasteiger partial charge on any atom is -0.394 e. The molecule has 0 spiro atoms. The standard InChI is InChI=1S/C17H23NO2/c1-3-17(11-19,12-20)18-13(2)15-9-8-14-6-4-5-7-16(14)10-15/h4-10,13,18-20H,3,11-12H2,1-2H3. The van der Waals surface area contributed by atoms with Crippen LogP contribution in [0.5, 0.6) is 0 Å². The minimum absolute atomic E-state index is 0.0684. The summed E-state index contributed by atoms with van der Waals surface area (Å²) in [7, 11) is 0. The highest BCUT2D eigenvalue weighted by Gasteiger charge is 2.28. The van der Waals surface area contributed by atoms with Crippen LogP contribution in [0.25, 0.3) is 10.8 Å². The van der Waals surface area contributed by atoms with Crippen LogP contribution in [0.15, 0.2) is 42.5 Å². The van der Waals surface area contributed by atoms with Gasteiger partial charge in [0.1, 0.15) is 0 Å². The third-order valence-electron chi connectivity index (χ3n) is 4.08. The number of nitrogens with one attached hydrogen (secondary N) is 1. The normalized spacial score (nSPS) is 13.6. The van der Waals surface area contributed by atoms with Gasteiger partial charge in [-0.15, -0.1) is 0 Å². The maximum absolute atomic E-state index is 9.52. The van der Waals surface area contributed by atoms with E-state index in [1.807, 2.05) is 19.1 Å². The third-order valence-corrected chi connectivity index (χ3v) is 4.08. The summed E-state index contributed by atoms with van der Waals surface area (Å²) in [5.41, 5.74) is 0.536. The lowest BCUT2D eigenvalue weighted by molar-refractivity contribution is 0.0793. The van der Waals surface area contributed by atoms with Crippen molar-refractivity contribution in [3.05, 3.63) is 48.0 Å². The monoisotopic (exact) mass is 273 g/mol. The molecule has 0 saturated heterocycles. The van der Waals surface area contributed by atoms with Gasteiger partial charge in [0, 0.05) is 6.04 Å². The molecule has 3 nitrogen and oxygen atoms in total. The first-order chi connectivity index (χ1) is 9.64. The molecule has 3 heteroatoms. The average Bonchev–Trinajstić information content (AvgIpc) is 2.52. The number of hydrogen-bond acceptors (Lipinski definition) is 3. The molecule has 1 atom stereocenters. The van der Waals surface area contributed by atoms with Gasteiger partial charge in [0.25, 0.3) is 0 Å². The van der Waals surface area contributed by atoms with Crippen LogP contribution in [-0.2, 0) is 0 Å². The second-order valence-electron chi connectivity index (χ2n) is 5.42. The van der Waals surface area contributed by atoms with Crippen molar-refractivity contribution in [2.45, 2.75) is 31.8 Å². The molecule has 0 heterocycles. The van der Waals surface area contributed by atoms with Crippen LogP contribution in [0.2, 0.25) is 0 Å². The van der Waals surface area contributed by atoms with Gasteiger partial charge >= 0.3 is 0 Å². The van der Waals surface area contributed by atoms with Crippen molar-refractivity contribution in [2.75, 3.05) is 13.2 Å². The van der Waals surface area contributed by atoms with Crippen molar-refractivity contribution in [1.82, 2.24) is 5.32 Å². The molecule has 0 aromatic heterocycles. The Hall–Kier alpha value is -1.42. The van der Waals surface area contributed by atoms with E-state index in [0.29, 0.717) is 6.42 Å². The molecule has 108 valence electrons. The summed E-state index contributed by atoms with van der Waals surface area (Å²) in [6.07, 6.45) is 0.678. The third kappa shape index (κ3) is 3.01. The number of aliphatic hydroxyl groups excluding tert-OH is 2. The Morgan fingerprint density at radius 3 is 2.30 bits per heavy atom. The Bertz CT molecular complexity index is 555. The van der Waals surface area contributed by atoms with Gasteiger partial charge in [-0.1, -0.05) is 43.3 Å². The summed E-state index contributed by atoms with van der Waals surface area (Å²) >= 11 is 0. The van der Waals surface area contributed by atoms with Crippen molar-refractivity contribution in [1.29, 1.82) is 0 Å². The molecular weight excluding hydrogens is 250 g/mol. The van der Waals surface area contributed by atoms with E-state index in [2.05, 4.69) is 42.6 Å². The molecule has 0 saturated carbocycles. The van der Waals surface area contributed by atoms with Crippen LogP contribution in [0.4, 0.5) is 0 Å². The maximum Gasteiger partial charge on any atom is 0.0650 e. The minimum atomic E-state index is -0.620. The highest BCUT2D eigenvalue weighted by molar-refractivity contribution is 5.83. The first kappa shape index (κ1) is 15.0. The number of benzene rings is 2. The zero-order valence-corrected chi connectivity index (χ0v) is 12.1. The highest BCUT2D eigenvalue weighted by atomic mass is 16.3. The van der Waals surface area contributed by atoms with Gasteiger partial charge in [0.15, 0.2) is 0 Å². The van der Waals surface area contributed by atoms with Crippen LogP contribution >= 0.6 is 0 Å². The van der Waals surface area contributed by atoms with Gasteiger partial charge in [-0.25, -0.2) is 0 Å². The Kier molecular flexibility index (Phi) is 4.76. The van der Waals surface area contributed by atoms with Gasteiger partial charge in [-0.2, -0.15) is 0 Å². The van der Waals surface area contributed by atoms with Crippen molar-refractivity contribution in [2.24, 2.45) is 0 Å². The number of hydrogen-bond donors (Lipinski definition) is 3. The van der Waals surface area contributed by atoms with Gasteiger partial charge in [0.2, 0.25) is 0 Å². The van der Waals surface area contributed by atoms with E-state index < -0.39 is 5.54 Å². The predicted molar refractivity (Wildman–Crippen MR) is 82.7 cm³/mol. The second kappa shape index (κ2) is 6.35. The Balaban J connectivity index is 2.24. The quantitative estimate of drug-likeness (QED) is 0.758. The molecule has 1 unspecified atom stereocenters. The molecule has 2 aromatic rings. The molecule has 0 amide bonds. The maximum atomic E-state index is 9.52. The second-order valence-corrected chi connectivity index (χ2v) is 5.42. The Morgan fingerprint density at radius 2 is 1.70 bits per heavy atom. The Labute approximate surface area is 120 Å². The van der Waals surface area contributed by atoms with Crippen molar-refractivity contribution in [3.8, 4) is 0 Å². The van der Waals surface area contributed by atoms with E-state index >= 15 is 0 Å². The molecule has 0 fully saturated rings. The Morgan fingerprint density at radius 1 is 1.05 bits per heavy atom. The zero-order valence-electron chi connectivity index (χ0n) is 12.1. The summed E-state index contributed by atoms with van der Waals surface area (Å²) < 4.78 is 0. The SMILES string of the molecule is CCC(CO)(CO)NC(C)c1ccc2ccccc2c1. The molecule has 2 aromatic carbocycles. The summed E-state index contributed by atoms with van der Waals surface area (Å²) in [6, 6.07) is 14.7. The molecule has 2 rings (SSSR count). The summed E-state index contributed by atoms with van der Waals surface area (Å²) in [6.45, 7) is 3.88. The molecular formula is C17H23NO2. The lowest BCUT2D eigenvalue weighted by Gasteiger charge is -2.33. The van der Waals surface area contributed by atoms with E-state index in [4.69, 9.17) is 0 Å². The van der Waals surface area contributed by atoms with Crippen molar-refractivity contribution in [3.63, 3.8) is 0 Å². The van der Waals surface area contributed by atoms with E-state index in [1.54, 1.807) is 0 Å². The number of fused-ring (bicyclic) bond motifs is 1. The zero-order chi connectivity index (χ0) is 14.6. The molecule has 3 N–H and O–H groups in total. The topological polar surface area (TPSA) is 52.5 Å². The van der Waals surface area contributed by atoms with E-state index in [0.717, 1.165) is 5.56 Å². The first-order valence-corrected chi connectivity index (χ1v) is 7.12. The summed E-state index contributed by atoms with van der Waals surface area (Å²) in [5.74, 6) is 0. The van der Waals surface area contributed by atoms with Crippen LogP contribution in [-0.4, -0.2) is 29.0 Å². The van der Waals surface area contributed by atoms with Crippen LogP contribution in [0.1, 0.15) is 31.9 Å². The van der Waals surface area contributed by atoms with Gasteiger partial charge < -0.3 is 15.5 Å². The fourth-order valence-electron chi connectivity index (χ4n) is 2.49. The predicted octanol–water partition coefficient (Wildman–Crippen LogP) is 2.62. The van der Waals surface area contributed by atoms with Crippen LogP contribution in [0.3, 0.4) is 0 Å². The fourth-order valence-corrected chi connectivity index (χ4v) is 2.49. The van der Waals surface area contributed by atoms with Gasteiger partial charge in [-0.05, 0) is 35.7 Å². The highest BCUT2D eigenvalue weighted by Crippen LogP contribution is 2.23. The molecule has 0 radical (unpaired) electrons. The molecule has 20 heavy (non-hydrogen) atoms. The lowest BCUT2D eigenvalue weighted by atomic mass is 9.95. The van der Waals surface area contributed by atoms with Crippen molar-refractivity contribution >= 4 is 10.8 Å². The van der Waals surface area contributed by atoms with Crippen LogP contribution < -0.4 is 5.32 Å². The molecule has 0 aliphatic rings. The first-order valence-electron chi connectivity index (χ1n) is 7.12. The van der Waals surface area contributed by atoms with Gasteiger partial charge in [-0.3, -0.25) is 0 Å². The summed E-state index contributed by atoms with van der Waals surface area (Å²) in [4.78, 5) is 0.